The molecule has 0 spiro atoms. The van der Waals surface area contributed by atoms with Crippen LogP contribution in [0, 0.1) is 11.2 Å². The second-order valence-corrected chi connectivity index (χ2v) is 9.61. The number of amides is 1. The summed E-state index contributed by atoms with van der Waals surface area (Å²) in [5.41, 5.74) is 2.51. The number of rotatable bonds is 9. The highest BCUT2D eigenvalue weighted by Crippen LogP contribution is 2.35. The van der Waals surface area contributed by atoms with Gasteiger partial charge in [-0.1, -0.05) is 37.3 Å². The molecule has 0 saturated carbocycles. The van der Waals surface area contributed by atoms with E-state index in [0.29, 0.717) is 41.6 Å². The van der Waals surface area contributed by atoms with Crippen molar-refractivity contribution in [2.45, 2.75) is 33.1 Å². The number of H-pyrrole nitrogens is 1. The van der Waals surface area contributed by atoms with E-state index in [1.54, 1.807) is 31.3 Å². The third kappa shape index (κ3) is 6.13. The van der Waals surface area contributed by atoms with E-state index in [2.05, 4.69) is 20.3 Å². The van der Waals surface area contributed by atoms with Crippen molar-refractivity contribution in [3.8, 4) is 28.7 Å². The fraction of sp³-hybridized carbons (Fsp3) is 0.310. The maximum atomic E-state index is 13.6. The van der Waals surface area contributed by atoms with Crippen LogP contribution in [0.5, 0.6) is 6.01 Å². The molecule has 3 heterocycles. The van der Waals surface area contributed by atoms with E-state index in [9.17, 15) is 9.18 Å². The fourth-order valence-electron chi connectivity index (χ4n) is 4.14. The molecule has 2 N–H and O–H groups in total. The van der Waals surface area contributed by atoms with Crippen LogP contribution in [0.25, 0.3) is 22.6 Å². The molecule has 4 aromatic rings. The molecule has 9 nitrogen and oxygen atoms in total. The maximum absolute atomic E-state index is 13.6. The summed E-state index contributed by atoms with van der Waals surface area (Å²) >= 11 is 0. The quantitative estimate of drug-likeness (QED) is 0.318. The Morgan fingerprint density at radius 2 is 1.85 bits per heavy atom. The van der Waals surface area contributed by atoms with Gasteiger partial charge in [0, 0.05) is 18.3 Å². The summed E-state index contributed by atoms with van der Waals surface area (Å²) in [5.74, 6) is -0.0969. The first kappa shape index (κ1) is 26.5. The Morgan fingerprint density at radius 1 is 1.10 bits per heavy atom. The van der Waals surface area contributed by atoms with Gasteiger partial charge in [0.1, 0.15) is 5.82 Å². The number of benzene rings is 2. The molecule has 10 heteroatoms. The van der Waals surface area contributed by atoms with Crippen LogP contribution in [-0.4, -0.2) is 45.7 Å². The normalized spacial score (nSPS) is 19.0. The van der Waals surface area contributed by atoms with Gasteiger partial charge in [0.25, 0.3) is 0 Å². The summed E-state index contributed by atoms with van der Waals surface area (Å²) in [7, 11) is 0. The van der Waals surface area contributed by atoms with Gasteiger partial charge in [-0.15, -0.1) is 0 Å². The van der Waals surface area contributed by atoms with E-state index in [0.717, 1.165) is 12.0 Å². The zero-order valence-corrected chi connectivity index (χ0v) is 21.8. The minimum Gasteiger partial charge on any atom is -0.463 e. The Labute approximate surface area is 225 Å². The Hall–Kier alpha value is -4.15. The molecule has 1 amide bonds. The lowest BCUT2D eigenvalue weighted by Gasteiger charge is -2.35. The molecule has 1 aliphatic rings. The molecule has 0 radical (unpaired) electrons. The molecular weight excluding hydrogens is 501 g/mol. The second-order valence-electron chi connectivity index (χ2n) is 9.61. The molecule has 1 fully saturated rings. The van der Waals surface area contributed by atoms with Crippen molar-refractivity contribution in [3.63, 3.8) is 0 Å². The molecule has 0 aliphatic carbocycles. The van der Waals surface area contributed by atoms with Gasteiger partial charge in [0.05, 0.1) is 42.3 Å². The molecule has 2 aromatic heterocycles. The van der Waals surface area contributed by atoms with Crippen molar-refractivity contribution in [1.29, 1.82) is 0 Å². The lowest BCUT2D eigenvalue weighted by atomic mass is 9.91. The monoisotopic (exact) mass is 531 g/mol. The van der Waals surface area contributed by atoms with Crippen LogP contribution < -0.4 is 10.1 Å². The number of aromatic amines is 1. The predicted octanol–water partition coefficient (Wildman–Crippen LogP) is 4.83. The number of nitrogens with one attached hydrogen (secondary N) is 2. The Morgan fingerprint density at radius 3 is 2.56 bits per heavy atom. The summed E-state index contributed by atoms with van der Waals surface area (Å²) in [4.78, 5) is 29.7. The minimum absolute atomic E-state index is 0.142. The first-order valence-electron chi connectivity index (χ1n) is 12.8. The van der Waals surface area contributed by atoms with Gasteiger partial charge in [-0.25, -0.2) is 14.4 Å². The second kappa shape index (κ2) is 11.7. The molecule has 39 heavy (non-hydrogen) atoms. The molecule has 0 atom stereocenters. The molecule has 5 rings (SSSR count). The summed E-state index contributed by atoms with van der Waals surface area (Å²) in [6.07, 6.45) is 1.60. The smallest absolute Gasteiger partial charge is 0.316 e. The molecule has 0 unspecified atom stereocenters. The standard InChI is InChI=1S/C29H30FN5O4/c1-3-15-37-28-31-14-13-22(33-28)24-23(20-9-11-21(30)12-10-20)34-25(35-24)26-38-17-29(2,18-39-26)27(36)32-16-19-7-5-4-6-8-19/h4-14,26H,3,15-18H2,1-2H3,(H,32,36)(H,34,35). The van der Waals surface area contributed by atoms with Crippen LogP contribution in [0.1, 0.15) is 37.9 Å². The molecule has 1 saturated heterocycles. The number of nitrogens with zero attached hydrogens (tertiary/aromatic N) is 3. The topological polar surface area (TPSA) is 111 Å². The van der Waals surface area contributed by atoms with E-state index < -0.39 is 11.7 Å². The van der Waals surface area contributed by atoms with Gasteiger partial charge in [0.2, 0.25) is 12.2 Å². The van der Waals surface area contributed by atoms with Crippen molar-refractivity contribution >= 4 is 5.91 Å². The summed E-state index contributed by atoms with van der Waals surface area (Å²) in [6, 6.07) is 17.7. The van der Waals surface area contributed by atoms with Gasteiger partial charge in [-0.3, -0.25) is 4.79 Å². The van der Waals surface area contributed by atoms with E-state index in [1.807, 2.05) is 37.3 Å². The third-order valence-electron chi connectivity index (χ3n) is 6.34. The third-order valence-corrected chi connectivity index (χ3v) is 6.34. The van der Waals surface area contributed by atoms with Gasteiger partial charge >= 0.3 is 6.01 Å². The Bertz CT molecular complexity index is 1400. The van der Waals surface area contributed by atoms with Crippen LogP contribution >= 0.6 is 0 Å². The molecule has 2 aromatic carbocycles. The molecular formula is C29H30FN5O4. The van der Waals surface area contributed by atoms with E-state index in [4.69, 9.17) is 19.2 Å². The molecule has 0 bridgehead atoms. The average molecular weight is 532 g/mol. The zero-order chi connectivity index (χ0) is 27.2. The number of halogens is 1. The summed E-state index contributed by atoms with van der Waals surface area (Å²) < 4.78 is 31.2. The molecule has 202 valence electrons. The van der Waals surface area contributed by atoms with Crippen LogP contribution in [0.2, 0.25) is 0 Å². The average Bonchev–Trinajstić information content (AvgIpc) is 3.42. The number of carbonyl (C=O) groups excluding carboxylic acids is 1. The highest BCUT2D eigenvalue weighted by Gasteiger charge is 2.40. The maximum Gasteiger partial charge on any atom is 0.316 e. The number of aromatic nitrogens is 4. The van der Waals surface area contributed by atoms with Gasteiger partial charge < -0.3 is 24.5 Å². The van der Waals surface area contributed by atoms with Gasteiger partial charge in [0.15, 0.2) is 5.82 Å². The lowest BCUT2D eigenvalue weighted by molar-refractivity contribution is -0.231. The highest BCUT2D eigenvalue weighted by molar-refractivity contribution is 5.82. The van der Waals surface area contributed by atoms with Crippen molar-refractivity contribution in [2.24, 2.45) is 5.41 Å². The van der Waals surface area contributed by atoms with Crippen molar-refractivity contribution in [1.82, 2.24) is 25.3 Å². The fourth-order valence-corrected chi connectivity index (χ4v) is 4.14. The SMILES string of the molecule is CCCOc1nccc(-c2[nH]c(C3OCC(C)(C(=O)NCc4ccccc4)CO3)nc2-c2ccc(F)cc2)n1. The van der Waals surface area contributed by atoms with Crippen LogP contribution in [0.4, 0.5) is 4.39 Å². The van der Waals surface area contributed by atoms with Crippen LogP contribution in [0.3, 0.4) is 0 Å². The Balaban J connectivity index is 1.35. The van der Waals surface area contributed by atoms with E-state index in [-0.39, 0.29) is 30.9 Å². The van der Waals surface area contributed by atoms with Crippen LogP contribution in [-0.2, 0) is 20.8 Å². The van der Waals surface area contributed by atoms with E-state index in [1.165, 1.54) is 12.1 Å². The number of carbonyl (C=O) groups is 1. The van der Waals surface area contributed by atoms with Crippen molar-refractivity contribution < 1.29 is 23.4 Å². The number of imidazole rings is 1. The summed E-state index contributed by atoms with van der Waals surface area (Å²) in [5, 5.41) is 2.97. The first-order valence-corrected chi connectivity index (χ1v) is 12.8. The predicted molar refractivity (Wildman–Crippen MR) is 142 cm³/mol. The zero-order valence-electron chi connectivity index (χ0n) is 21.8. The summed E-state index contributed by atoms with van der Waals surface area (Å²) in [6.45, 7) is 5.00. The molecule has 1 aliphatic heterocycles. The van der Waals surface area contributed by atoms with Crippen molar-refractivity contribution in [3.05, 3.63) is 84.1 Å². The largest absolute Gasteiger partial charge is 0.463 e. The van der Waals surface area contributed by atoms with Crippen LogP contribution in [0.15, 0.2) is 66.9 Å². The number of ether oxygens (including phenoxy) is 3. The first-order chi connectivity index (χ1) is 18.9. The van der Waals surface area contributed by atoms with Gasteiger partial charge in [-0.05, 0) is 49.2 Å². The van der Waals surface area contributed by atoms with E-state index >= 15 is 0 Å². The number of hydrogen-bond acceptors (Lipinski definition) is 7. The van der Waals surface area contributed by atoms with Gasteiger partial charge in [-0.2, -0.15) is 4.98 Å². The Kier molecular flexibility index (Phi) is 7.94. The minimum atomic E-state index is -0.862. The van der Waals surface area contributed by atoms with Crippen molar-refractivity contribution in [2.75, 3.05) is 19.8 Å². The lowest BCUT2D eigenvalue weighted by Crippen LogP contribution is -2.48. The number of hydrogen-bond donors (Lipinski definition) is 2. The highest BCUT2D eigenvalue weighted by atomic mass is 19.1.